The number of halogens is 1. The van der Waals surface area contributed by atoms with E-state index in [1.165, 1.54) is 16.2 Å². The van der Waals surface area contributed by atoms with Crippen molar-refractivity contribution in [1.29, 1.82) is 0 Å². The lowest BCUT2D eigenvalue weighted by Gasteiger charge is -2.08. The minimum atomic E-state index is 0.107. The fraction of sp³-hybridized carbons (Fsp3) is 0.214. The van der Waals surface area contributed by atoms with Gasteiger partial charge in [-0.05, 0) is 48.1 Å². The second-order valence-corrected chi connectivity index (χ2v) is 6.88. The van der Waals surface area contributed by atoms with Crippen molar-refractivity contribution in [3.8, 4) is 0 Å². The molecule has 1 aliphatic rings. The largest absolute Gasteiger partial charge is 0.288 e. The summed E-state index contributed by atoms with van der Waals surface area (Å²) >= 11 is 9.42. The Bertz CT molecular complexity index is 563. The molecule has 0 saturated heterocycles. The molecular weight excluding hydrogens is 284 g/mol. The molecule has 0 atom stereocenters. The molecule has 0 bridgehead atoms. The number of carbonyl (C=O) groups is 1. The molecule has 92 valence electrons. The summed E-state index contributed by atoms with van der Waals surface area (Å²) in [5, 5.41) is 0.661. The summed E-state index contributed by atoms with van der Waals surface area (Å²) in [4.78, 5) is 14.6. The van der Waals surface area contributed by atoms with Crippen LogP contribution in [-0.4, -0.2) is 11.5 Å². The molecule has 0 spiro atoms. The molecule has 1 nitrogen and oxygen atoms in total. The Labute approximate surface area is 119 Å². The maximum atomic E-state index is 12.3. The lowest BCUT2D eigenvalue weighted by atomic mass is 10.1. The smallest absolute Gasteiger partial charge is 0.202 e. The van der Waals surface area contributed by atoms with Crippen LogP contribution in [0.1, 0.15) is 25.7 Å². The van der Waals surface area contributed by atoms with Crippen molar-refractivity contribution in [2.45, 2.75) is 12.2 Å². The minimum absolute atomic E-state index is 0.107. The highest BCUT2D eigenvalue weighted by molar-refractivity contribution is 7.98. The summed E-state index contributed by atoms with van der Waals surface area (Å²) in [7, 11) is 0. The van der Waals surface area contributed by atoms with Crippen molar-refractivity contribution in [3.05, 3.63) is 56.2 Å². The molecule has 1 aromatic carbocycles. The van der Waals surface area contributed by atoms with E-state index in [1.807, 2.05) is 11.8 Å². The number of carbonyl (C=O) groups excluding carboxylic acids is 1. The van der Waals surface area contributed by atoms with E-state index in [1.54, 1.807) is 35.6 Å². The fourth-order valence-electron chi connectivity index (χ4n) is 2.00. The van der Waals surface area contributed by atoms with E-state index < -0.39 is 0 Å². The molecule has 2 heterocycles. The van der Waals surface area contributed by atoms with Crippen LogP contribution < -0.4 is 0 Å². The van der Waals surface area contributed by atoms with Crippen LogP contribution in [0.5, 0.6) is 0 Å². The number of hydrogen-bond donors (Lipinski definition) is 0. The van der Waals surface area contributed by atoms with Gasteiger partial charge in [0.05, 0.1) is 4.88 Å². The number of rotatable bonds is 2. The normalized spacial score (nSPS) is 14.3. The van der Waals surface area contributed by atoms with Gasteiger partial charge in [0.15, 0.2) is 0 Å². The van der Waals surface area contributed by atoms with Crippen molar-refractivity contribution >= 4 is 40.5 Å². The Kier molecular flexibility index (Phi) is 3.46. The first-order valence-electron chi connectivity index (χ1n) is 5.73. The predicted octanol–water partition coefficient (Wildman–Crippen LogP) is 4.42. The summed E-state index contributed by atoms with van der Waals surface area (Å²) in [6.45, 7) is 0. The molecule has 3 rings (SSSR count). The lowest BCUT2D eigenvalue weighted by Crippen LogP contribution is -1.97. The van der Waals surface area contributed by atoms with Crippen LogP contribution >= 0.6 is 34.7 Å². The number of hydrogen-bond acceptors (Lipinski definition) is 3. The average Bonchev–Trinajstić information content (AvgIpc) is 2.82. The summed E-state index contributed by atoms with van der Waals surface area (Å²) in [5.74, 6) is 2.32. The van der Waals surface area contributed by atoms with Gasteiger partial charge in [0.25, 0.3) is 0 Å². The molecule has 0 fully saturated rings. The Hall–Kier alpha value is -0.770. The van der Waals surface area contributed by atoms with Gasteiger partial charge in [-0.15, -0.1) is 11.3 Å². The molecule has 4 heteroatoms. The molecule has 1 aromatic heterocycles. The quantitative estimate of drug-likeness (QED) is 0.763. The summed E-state index contributed by atoms with van der Waals surface area (Å²) in [5.41, 5.74) is 2.05. The fourth-order valence-corrected chi connectivity index (χ4v) is 4.46. The number of aryl methyl sites for hydroxylation is 1. The van der Waals surface area contributed by atoms with Crippen LogP contribution in [0.4, 0.5) is 0 Å². The first kappa shape index (κ1) is 12.3. The zero-order valence-corrected chi connectivity index (χ0v) is 12.0. The Morgan fingerprint density at radius 1 is 1.22 bits per heavy atom. The average molecular weight is 295 g/mol. The van der Waals surface area contributed by atoms with Gasteiger partial charge in [-0.3, -0.25) is 4.79 Å². The van der Waals surface area contributed by atoms with Crippen LogP contribution in [-0.2, 0) is 12.2 Å². The van der Waals surface area contributed by atoms with Crippen molar-refractivity contribution in [2.75, 3.05) is 5.75 Å². The zero-order valence-electron chi connectivity index (χ0n) is 9.61. The number of thiophene rings is 1. The van der Waals surface area contributed by atoms with Crippen molar-refractivity contribution in [3.63, 3.8) is 0 Å². The summed E-state index contributed by atoms with van der Waals surface area (Å²) in [6, 6.07) is 9.16. The van der Waals surface area contributed by atoms with Gasteiger partial charge in [-0.1, -0.05) is 11.6 Å². The molecule has 2 aromatic rings. The highest BCUT2D eigenvalue weighted by Gasteiger charge is 2.18. The molecule has 0 radical (unpaired) electrons. The van der Waals surface area contributed by atoms with E-state index in [0.717, 1.165) is 17.1 Å². The molecule has 0 aliphatic carbocycles. The molecule has 0 saturated carbocycles. The van der Waals surface area contributed by atoms with Crippen LogP contribution in [0.2, 0.25) is 5.02 Å². The minimum Gasteiger partial charge on any atom is -0.288 e. The number of ketones is 1. The predicted molar refractivity (Wildman–Crippen MR) is 79.1 cm³/mol. The van der Waals surface area contributed by atoms with Crippen molar-refractivity contribution in [2.24, 2.45) is 0 Å². The first-order valence-corrected chi connectivity index (χ1v) is 8.08. The Morgan fingerprint density at radius 3 is 2.72 bits per heavy atom. The van der Waals surface area contributed by atoms with Gasteiger partial charge >= 0.3 is 0 Å². The maximum absolute atomic E-state index is 12.3. The molecule has 0 unspecified atom stereocenters. The van der Waals surface area contributed by atoms with E-state index in [-0.39, 0.29) is 5.78 Å². The van der Waals surface area contributed by atoms with Crippen molar-refractivity contribution < 1.29 is 4.79 Å². The molecule has 0 N–H and O–H groups in total. The highest BCUT2D eigenvalue weighted by atomic mass is 35.5. The summed E-state index contributed by atoms with van der Waals surface area (Å²) < 4.78 is 0. The molecule has 1 aliphatic heterocycles. The van der Waals surface area contributed by atoms with E-state index in [4.69, 9.17) is 11.6 Å². The van der Waals surface area contributed by atoms with Gasteiger partial charge in [0, 0.05) is 21.2 Å². The standard InChI is InChI=1S/C14H11ClOS2/c15-11-3-1-9(2-4-11)14(16)13-7-10-8-17-6-5-12(10)18-13/h1-4,7H,5-6,8H2. The third-order valence-electron chi connectivity index (χ3n) is 2.96. The second-order valence-electron chi connectivity index (χ2n) is 4.20. The highest BCUT2D eigenvalue weighted by Crippen LogP contribution is 2.32. The second kappa shape index (κ2) is 5.08. The van der Waals surface area contributed by atoms with E-state index in [9.17, 15) is 4.79 Å². The van der Waals surface area contributed by atoms with E-state index in [2.05, 4.69) is 6.07 Å². The van der Waals surface area contributed by atoms with E-state index in [0.29, 0.717) is 10.6 Å². The zero-order chi connectivity index (χ0) is 12.5. The van der Waals surface area contributed by atoms with Crippen LogP contribution in [0.3, 0.4) is 0 Å². The third-order valence-corrected chi connectivity index (χ3v) is 5.45. The number of benzene rings is 1. The van der Waals surface area contributed by atoms with Crippen LogP contribution in [0, 0.1) is 0 Å². The van der Waals surface area contributed by atoms with Gasteiger partial charge < -0.3 is 0 Å². The van der Waals surface area contributed by atoms with Crippen molar-refractivity contribution in [1.82, 2.24) is 0 Å². The topological polar surface area (TPSA) is 17.1 Å². The van der Waals surface area contributed by atoms with Gasteiger partial charge in [-0.2, -0.15) is 11.8 Å². The molecule has 0 amide bonds. The Morgan fingerprint density at radius 2 is 2.00 bits per heavy atom. The van der Waals surface area contributed by atoms with Gasteiger partial charge in [0.1, 0.15) is 0 Å². The Balaban J connectivity index is 1.92. The molecule has 18 heavy (non-hydrogen) atoms. The lowest BCUT2D eigenvalue weighted by molar-refractivity contribution is 0.104. The van der Waals surface area contributed by atoms with E-state index >= 15 is 0 Å². The SMILES string of the molecule is O=C(c1ccc(Cl)cc1)c1cc2c(s1)CCSC2. The molecular formula is C14H11ClOS2. The van der Waals surface area contributed by atoms with Gasteiger partial charge in [-0.25, -0.2) is 0 Å². The van der Waals surface area contributed by atoms with Crippen LogP contribution in [0.25, 0.3) is 0 Å². The number of thioether (sulfide) groups is 1. The van der Waals surface area contributed by atoms with Gasteiger partial charge in [0.2, 0.25) is 5.78 Å². The van der Waals surface area contributed by atoms with Crippen LogP contribution in [0.15, 0.2) is 30.3 Å². The first-order chi connectivity index (χ1) is 8.74. The third kappa shape index (κ3) is 2.35. The summed E-state index contributed by atoms with van der Waals surface area (Å²) in [6.07, 6.45) is 1.10. The number of fused-ring (bicyclic) bond motifs is 1. The maximum Gasteiger partial charge on any atom is 0.202 e. The monoisotopic (exact) mass is 294 g/mol.